The van der Waals surface area contributed by atoms with Crippen LogP contribution in [0.1, 0.15) is 11.1 Å². The van der Waals surface area contributed by atoms with Gasteiger partial charge < -0.3 is 9.47 Å². The summed E-state index contributed by atoms with van der Waals surface area (Å²) in [6, 6.07) is 25.5. The Hall–Kier alpha value is -2.86. The number of fused-ring (bicyclic) bond motifs is 2. The quantitative estimate of drug-likeness (QED) is 0.185. The first-order chi connectivity index (χ1) is 20.7. The van der Waals surface area contributed by atoms with Gasteiger partial charge in [0.05, 0.1) is 45.1 Å². The minimum absolute atomic E-state index is 0.851. The smallest absolute Gasteiger partial charge is 0.139 e. The maximum Gasteiger partial charge on any atom is 0.139 e. The second-order valence-electron chi connectivity index (χ2n) is 9.35. The Morgan fingerprint density at radius 2 is 0.976 bits per heavy atom. The highest BCUT2D eigenvalue weighted by atomic mass is 32.2. The molecule has 0 spiro atoms. The Bertz CT molecular complexity index is 1730. The number of hydrogen-bond acceptors (Lipinski definition) is 10. The molecule has 0 aliphatic carbocycles. The molecule has 0 fully saturated rings. The fourth-order valence-corrected chi connectivity index (χ4v) is 11.5. The molecule has 0 amide bonds. The summed E-state index contributed by atoms with van der Waals surface area (Å²) >= 11 is 10.8. The zero-order valence-electron chi connectivity index (χ0n) is 22.7. The normalized spacial score (nSPS) is 13.0. The Kier molecular flexibility index (Phi) is 8.25. The third-order valence-electron chi connectivity index (χ3n) is 6.69. The van der Waals surface area contributed by atoms with Crippen LogP contribution in [0, 0.1) is 0 Å². The van der Waals surface area contributed by atoms with E-state index in [9.17, 15) is 0 Å². The van der Waals surface area contributed by atoms with Crippen LogP contribution in [0.4, 0.5) is 11.4 Å². The predicted octanol–water partition coefficient (Wildman–Crippen LogP) is 12.3. The van der Waals surface area contributed by atoms with Crippen LogP contribution in [-0.2, 0) is 11.5 Å². The van der Waals surface area contributed by atoms with Crippen LogP contribution in [-0.4, -0.2) is 14.2 Å². The maximum absolute atomic E-state index is 5.93. The lowest BCUT2D eigenvalue weighted by Crippen LogP contribution is -1.84. The lowest BCUT2D eigenvalue weighted by molar-refractivity contribution is 0.413. The molecule has 210 valence electrons. The van der Waals surface area contributed by atoms with Crippen LogP contribution < -0.4 is 9.47 Å². The van der Waals surface area contributed by atoms with Crippen molar-refractivity contribution in [3.8, 4) is 40.8 Å². The van der Waals surface area contributed by atoms with E-state index < -0.39 is 0 Å². The number of thiophene rings is 4. The fourth-order valence-electron chi connectivity index (χ4n) is 4.53. The summed E-state index contributed by atoms with van der Waals surface area (Å²) in [5.74, 6) is 3.51. The van der Waals surface area contributed by atoms with Gasteiger partial charge in [-0.05, 0) is 58.3 Å². The summed E-state index contributed by atoms with van der Waals surface area (Å²) in [5, 5.41) is 13.3. The minimum atomic E-state index is 0.851. The maximum atomic E-state index is 5.93. The lowest BCUT2D eigenvalue weighted by Gasteiger charge is -2.04. The number of methoxy groups -OCH3 is 2. The number of hydrogen-bond donors (Lipinski definition) is 0. The largest absolute Gasteiger partial charge is 0.495 e. The molecule has 0 saturated carbocycles. The molecule has 0 atom stereocenters. The third kappa shape index (κ3) is 5.71. The first kappa shape index (κ1) is 27.9. The molecule has 9 rings (SSSR count). The minimum Gasteiger partial charge on any atom is -0.495 e. The third-order valence-corrected chi connectivity index (χ3v) is 13.8. The summed E-state index contributed by atoms with van der Waals surface area (Å²) in [6.45, 7) is 0. The van der Waals surface area contributed by atoms with Gasteiger partial charge in [-0.3, -0.25) is 0 Å². The molecule has 3 aliphatic rings. The van der Waals surface area contributed by atoms with Crippen LogP contribution in [0.2, 0.25) is 0 Å². The molecular weight excluding hydrogens is 637 g/mol. The van der Waals surface area contributed by atoms with E-state index in [1.165, 1.54) is 40.4 Å². The molecular formula is C32H24N2O2S6. The number of benzene rings is 2. The van der Waals surface area contributed by atoms with Gasteiger partial charge in [0.15, 0.2) is 0 Å². The van der Waals surface area contributed by atoms with Crippen molar-refractivity contribution in [3.05, 3.63) is 94.7 Å². The first-order valence-electron chi connectivity index (χ1n) is 13.1. The van der Waals surface area contributed by atoms with Gasteiger partial charge >= 0.3 is 0 Å². The van der Waals surface area contributed by atoms with Crippen LogP contribution in [0.5, 0.6) is 11.5 Å². The average Bonchev–Trinajstić information content (AvgIpc) is 3.83. The van der Waals surface area contributed by atoms with Gasteiger partial charge in [0.25, 0.3) is 0 Å². The van der Waals surface area contributed by atoms with Crippen LogP contribution in [0.3, 0.4) is 0 Å². The van der Waals surface area contributed by atoms with E-state index in [1.54, 1.807) is 59.6 Å². The molecule has 7 heterocycles. The molecule has 4 aromatic heterocycles. The van der Waals surface area contributed by atoms with E-state index in [0.29, 0.717) is 0 Å². The molecule has 2 aromatic carbocycles. The fraction of sp³-hybridized carbons (Fsp3) is 0.125. The lowest BCUT2D eigenvalue weighted by atomic mass is 10.2. The van der Waals surface area contributed by atoms with E-state index in [-0.39, 0.29) is 0 Å². The monoisotopic (exact) mass is 660 g/mol. The Labute approximate surface area is 269 Å². The van der Waals surface area contributed by atoms with Crippen molar-refractivity contribution in [2.24, 2.45) is 10.2 Å². The topological polar surface area (TPSA) is 43.2 Å². The molecule has 6 aromatic rings. The molecule has 4 nitrogen and oxygen atoms in total. The van der Waals surface area contributed by atoms with Gasteiger partial charge in [-0.1, -0.05) is 24.3 Å². The molecule has 10 heteroatoms. The van der Waals surface area contributed by atoms with Crippen molar-refractivity contribution in [1.82, 2.24) is 0 Å². The second kappa shape index (κ2) is 12.4. The summed E-state index contributed by atoms with van der Waals surface area (Å²) < 4.78 is 11.9. The first-order valence-corrected chi connectivity index (χ1v) is 18.4. The Morgan fingerprint density at radius 1 is 0.548 bits per heavy atom. The highest BCUT2D eigenvalue weighted by molar-refractivity contribution is 7.99. The molecule has 8 bridgehead atoms. The van der Waals surface area contributed by atoms with Crippen LogP contribution in [0.25, 0.3) is 29.3 Å². The number of azo groups is 1. The molecule has 3 aliphatic heterocycles. The molecule has 0 saturated heterocycles. The Balaban J connectivity index is 1.31. The van der Waals surface area contributed by atoms with E-state index in [1.807, 2.05) is 47.8 Å². The summed E-state index contributed by atoms with van der Waals surface area (Å²) in [4.78, 5) is 9.72. The number of ether oxygens (including phenoxy) is 2. The van der Waals surface area contributed by atoms with Crippen molar-refractivity contribution in [1.29, 1.82) is 0 Å². The Morgan fingerprint density at radius 3 is 1.38 bits per heavy atom. The van der Waals surface area contributed by atoms with E-state index in [2.05, 4.69) is 69.5 Å². The standard InChI is InChI=1S/C32H24N2O2S6/c1-35-23-15-27-31-25(11-13-37-31)39-17-19-3-7-21(8-4-19)33-34-22-9-5-20(6-10-22)18-40-26-12-14-38-32(26)28-16-24(36-2)30(42-28)29(23)41-27/h3-16H,17-18H2,1-2H3. The average molecular weight is 661 g/mol. The van der Waals surface area contributed by atoms with Crippen molar-refractivity contribution in [2.45, 2.75) is 21.3 Å². The van der Waals surface area contributed by atoms with Crippen LogP contribution in [0.15, 0.2) is 104 Å². The van der Waals surface area contributed by atoms with Gasteiger partial charge in [0, 0.05) is 43.2 Å². The van der Waals surface area contributed by atoms with Crippen LogP contribution >= 0.6 is 68.9 Å². The van der Waals surface area contributed by atoms with Crippen molar-refractivity contribution < 1.29 is 9.47 Å². The number of rotatable bonds is 2. The highest BCUT2D eigenvalue weighted by Gasteiger charge is 2.23. The molecule has 0 N–H and O–H groups in total. The SMILES string of the molecule is COc1cc2sc1-c1sc(cc1OC)-c1sccc1SCc1ccc(cc1)N=Nc1ccc(cc1)CSc1ccsc1-2. The summed E-state index contributed by atoms with van der Waals surface area (Å²) in [5.41, 5.74) is 4.20. The summed E-state index contributed by atoms with van der Waals surface area (Å²) in [7, 11) is 3.50. The van der Waals surface area contributed by atoms with Crippen molar-refractivity contribution in [3.63, 3.8) is 0 Å². The van der Waals surface area contributed by atoms with Gasteiger partial charge in [0.2, 0.25) is 0 Å². The van der Waals surface area contributed by atoms with Gasteiger partial charge in [0.1, 0.15) is 11.5 Å². The molecule has 42 heavy (non-hydrogen) atoms. The van der Waals surface area contributed by atoms with Gasteiger partial charge in [-0.15, -0.1) is 68.9 Å². The predicted molar refractivity (Wildman–Crippen MR) is 184 cm³/mol. The molecule has 0 radical (unpaired) electrons. The number of nitrogens with zero attached hydrogens (tertiary/aromatic N) is 2. The summed E-state index contributed by atoms with van der Waals surface area (Å²) in [6.07, 6.45) is 0. The van der Waals surface area contributed by atoms with E-state index >= 15 is 0 Å². The van der Waals surface area contributed by atoms with Gasteiger partial charge in [-0.25, -0.2) is 0 Å². The van der Waals surface area contributed by atoms with Gasteiger partial charge in [-0.2, -0.15) is 10.2 Å². The van der Waals surface area contributed by atoms with E-state index in [4.69, 9.17) is 9.47 Å². The highest BCUT2D eigenvalue weighted by Crippen LogP contribution is 2.54. The molecule has 0 unspecified atom stereocenters. The zero-order chi connectivity index (χ0) is 28.5. The number of thioether (sulfide) groups is 2. The van der Waals surface area contributed by atoms with Crippen molar-refractivity contribution in [2.75, 3.05) is 14.2 Å². The second-order valence-corrected chi connectivity index (χ2v) is 15.3. The zero-order valence-corrected chi connectivity index (χ0v) is 27.6. The van der Waals surface area contributed by atoms with Crippen molar-refractivity contribution >= 4 is 80.2 Å². The van der Waals surface area contributed by atoms with E-state index in [0.717, 1.165) is 44.1 Å².